The van der Waals surface area contributed by atoms with Crippen LogP contribution in [0.15, 0.2) is 162 Å². The lowest BCUT2D eigenvalue weighted by Gasteiger charge is -2.45. The first-order chi connectivity index (χ1) is 28.4. The Balaban J connectivity index is 1.17. The van der Waals surface area contributed by atoms with E-state index in [-0.39, 0.29) is 17.5 Å². The van der Waals surface area contributed by atoms with Gasteiger partial charge in [-0.1, -0.05) is 151 Å². The average Bonchev–Trinajstić information content (AvgIpc) is 3.61. The van der Waals surface area contributed by atoms with Gasteiger partial charge < -0.3 is 14.2 Å². The fraction of sp³-hybridized carbons (Fsp3) is 0.164. The lowest BCUT2D eigenvalue weighted by Crippen LogP contribution is -2.61. The fourth-order valence-corrected chi connectivity index (χ4v) is 9.78. The van der Waals surface area contributed by atoms with E-state index in [1.54, 1.807) is 0 Å². The number of aryl methyl sites for hydroxylation is 1. The van der Waals surface area contributed by atoms with E-state index in [4.69, 9.17) is 4.42 Å². The van der Waals surface area contributed by atoms with Gasteiger partial charge in [-0.25, -0.2) is 0 Å². The van der Waals surface area contributed by atoms with Crippen LogP contribution in [-0.2, 0) is 10.8 Å². The van der Waals surface area contributed by atoms with E-state index >= 15 is 0 Å². The largest absolute Gasteiger partial charge is 0.455 e. The van der Waals surface area contributed by atoms with E-state index in [0.29, 0.717) is 0 Å². The summed E-state index contributed by atoms with van der Waals surface area (Å²) in [5.74, 6) is 0. The summed E-state index contributed by atoms with van der Waals surface area (Å²) in [6.45, 7) is 16.3. The molecule has 11 rings (SSSR count). The average molecular weight is 763 g/mol. The monoisotopic (exact) mass is 762 g/mol. The minimum Gasteiger partial charge on any atom is -0.455 e. The minimum absolute atomic E-state index is 0.0130. The molecular formula is C55H47BN2O. The molecular weight excluding hydrogens is 715 g/mol. The van der Waals surface area contributed by atoms with Crippen molar-refractivity contribution in [1.82, 2.24) is 0 Å². The molecule has 0 aliphatic carbocycles. The van der Waals surface area contributed by atoms with Crippen LogP contribution in [0.2, 0.25) is 0 Å². The van der Waals surface area contributed by atoms with Gasteiger partial charge in [0.05, 0.1) is 5.69 Å². The van der Waals surface area contributed by atoms with Gasteiger partial charge in [-0.3, -0.25) is 0 Å². The third-order valence-electron chi connectivity index (χ3n) is 12.8. The molecule has 0 spiro atoms. The third-order valence-corrected chi connectivity index (χ3v) is 12.8. The molecule has 2 aliphatic rings. The number of hydrogen-bond donors (Lipinski definition) is 0. The van der Waals surface area contributed by atoms with E-state index in [1.807, 2.05) is 6.07 Å². The first-order valence-electron chi connectivity index (χ1n) is 21.0. The van der Waals surface area contributed by atoms with Crippen molar-refractivity contribution in [2.75, 3.05) is 9.80 Å². The highest BCUT2D eigenvalue weighted by Gasteiger charge is 2.44. The van der Waals surface area contributed by atoms with Gasteiger partial charge in [0.2, 0.25) is 0 Å². The number of anilines is 6. The van der Waals surface area contributed by atoms with Crippen molar-refractivity contribution >= 4 is 89.9 Å². The van der Waals surface area contributed by atoms with Gasteiger partial charge in [-0.05, 0) is 110 Å². The molecule has 0 saturated heterocycles. The Morgan fingerprint density at radius 1 is 0.475 bits per heavy atom. The highest BCUT2D eigenvalue weighted by atomic mass is 16.3. The normalized spacial score (nSPS) is 13.6. The first kappa shape index (κ1) is 35.6. The lowest BCUT2D eigenvalue weighted by molar-refractivity contribution is 0.590. The summed E-state index contributed by atoms with van der Waals surface area (Å²) in [6, 6.07) is 58.8. The molecule has 1 aromatic heterocycles. The molecule has 0 atom stereocenters. The van der Waals surface area contributed by atoms with Gasteiger partial charge in [-0.2, -0.15) is 0 Å². The number of rotatable bonds is 3. The topological polar surface area (TPSA) is 19.6 Å². The second kappa shape index (κ2) is 12.7. The molecule has 0 saturated carbocycles. The Kier molecular flexibility index (Phi) is 7.69. The van der Waals surface area contributed by atoms with Crippen LogP contribution in [0.1, 0.15) is 58.2 Å². The molecule has 3 heterocycles. The van der Waals surface area contributed by atoms with E-state index in [0.717, 1.165) is 38.8 Å². The highest BCUT2D eigenvalue weighted by molar-refractivity contribution is 7.00. The molecule has 2 aliphatic heterocycles. The van der Waals surface area contributed by atoms with Crippen molar-refractivity contribution in [2.24, 2.45) is 0 Å². The number of nitrogens with zero attached hydrogens (tertiary/aromatic N) is 2. The molecule has 0 radical (unpaired) electrons. The Hall–Kier alpha value is -6.52. The molecule has 0 unspecified atom stereocenters. The quantitative estimate of drug-likeness (QED) is 0.167. The zero-order valence-electron chi connectivity index (χ0n) is 34.9. The van der Waals surface area contributed by atoms with Crippen LogP contribution in [0.25, 0.3) is 43.8 Å². The highest BCUT2D eigenvalue weighted by Crippen LogP contribution is 2.47. The zero-order chi connectivity index (χ0) is 40.4. The lowest BCUT2D eigenvalue weighted by atomic mass is 9.33. The number of fused-ring (bicyclic) bond motifs is 8. The number of furan rings is 1. The van der Waals surface area contributed by atoms with Crippen molar-refractivity contribution in [2.45, 2.75) is 59.3 Å². The van der Waals surface area contributed by atoms with Crippen molar-refractivity contribution < 1.29 is 4.42 Å². The van der Waals surface area contributed by atoms with Gasteiger partial charge in [0.1, 0.15) is 11.2 Å². The molecule has 4 heteroatoms. The van der Waals surface area contributed by atoms with Gasteiger partial charge in [0.25, 0.3) is 6.71 Å². The Morgan fingerprint density at radius 2 is 1.05 bits per heavy atom. The second-order valence-electron chi connectivity index (χ2n) is 18.7. The molecule has 8 aromatic carbocycles. The van der Waals surface area contributed by atoms with E-state index < -0.39 is 0 Å². The molecule has 0 N–H and O–H groups in total. The molecule has 286 valence electrons. The van der Waals surface area contributed by atoms with E-state index in [2.05, 4.69) is 210 Å². The van der Waals surface area contributed by atoms with Crippen molar-refractivity contribution in [1.29, 1.82) is 0 Å². The molecule has 0 bridgehead atoms. The van der Waals surface area contributed by atoms with Crippen molar-refractivity contribution in [3.63, 3.8) is 0 Å². The second-order valence-corrected chi connectivity index (χ2v) is 18.7. The Labute approximate surface area is 347 Å². The summed E-state index contributed by atoms with van der Waals surface area (Å²) in [5, 5.41) is 4.77. The minimum atomic E-state index is -0.0185. The Bertz CT molecular complexity index is 3150. The maximum atomic E-state index is 6.49. The molecule has 59 heavy (non-hydrogen) atoms. The number of benzene rings is 8. The van der Waals surface area contributed by atoms with Gasteiger partial charge in [0, 0.05) is 50.2 Å². The third kappa shape index (κ3) is 5.49. The molecule has 0 fully saturated rings. The predicted molar refractivity (Wildman–Crippen MR) is 253 cm³/mol. The Morgan fingerprint density at radius 3 is 1.75 bits per heavy atom. The van der Waals surface area contributed by atoms with E-state index in [1.165, 1.54) is 72.3 Å². The summed E-state index contributed by atoms with van der Waals surface area (Å²) in [5.41, 5.74) is 19.3. The summed E-state index contributed by atoms with van der Waals surface area (Å²) in [7, 11) is 0. The standard InChI is InChI=1S/C55H47BN2O/c1-34-30-49-52-50(31-34)58(46-20-12-15-35-14-8-9-16-40(35)46)48-29-25-38(55(5,6)7)33-45(48)56(52)44-32-37(54(2,3)4)24-28-47(44)57(49)39-26-22-36(23-27-39)41-18-13-19-43-42-17-10-11-21-51(42)59-53(41)43/h8-33H,1-7H3. The molecule has 3 nitrogen and oxygen atoms in total. The number of hydrogen-bond acceptors (Lipinski definition) is 3. The summed E-state index contributed by atoms with van der Waals surface area (Å²) < 4.78 is 6.49. The maximum absolute atomic E-state index is 6.49. The molecule has 0 amide bonds. The summed E-state index contributed by atoms with van der Waals surface area (Å²) in [4.78, 5) is 5.08. The number of para-hydroxylation sites is 2. The predicted octanol–water partition coefficient (Wildman–Crippen LogP) is 13.4. The van der Waals surface area contributed by atoms with Crippen LogP contribution in [0.4, 0.5) is 34.1 Å². The van der Waals surface area contributed by atoms with Gasteiger partial charge >= 0.3 is 0 Å². The van der Waals surface area contributed by atoms with Crippen LogP contribution in [0.5, 0.6) is 0 Å². The first-order valence-corrected chi connectivity index (χ1v) is 21.0. The van der Waals surface area contributed by atoms with Crippen LogP contribution < -0.4 is 26.2 Å². The van der Waals surface area contributed by atoms with Crippen molar-refractivity contribution in [3.8, 4) is 11.1 Å². The van der Waals surface area contributed by atoms with Gasteiger partial charge in [0.15, 0.2) is 0 Å². The smallest absolute Gasteiger partial charge is 0.252 e. The van der Waals surface area contributed by atoms with Crippen molar-refractivity contribution in [3.05, 3.63) is 174 Å². The van der Waals surface area contributed by atoms with E-state index in [9.17, 15) is 0 Å². The summed E-state index contributed by atoms with van der Waals surface area (Å²) in [6.07, 6.45) is 0. The fourth-order valence-electron chi connectivity index (χ4n) is 9.78. The zero-order valence-corrected chi connectivity index (χ0v) is 34.9. The van der Waals surface area contributed by atoms with Crippen LogP contribution in [0.3, 0.4) is 0 Å². The van der Waals surface area contributed by atoms with Crippen LogP contribution >= 0.6 is 0 Å². The van der Waals surface area contributed by atoms with Gasteiger partial charge in [-0.15, -0.1) is 0 Å². The molecule has 9 aromatic rings. The van der Waals surface area contributed by atoms with Crippen LogP contribution in [-0.4, -0.2) is 6.71 Å². The summed E-state index contributed by atoms with van der Waals surface area (Å²) >= 11 is 0. The SMILES string of the molecule is Cc1cc2c3c(c1)N(c1cccc4ccccc14)c1ccc(C(C)(C)C)cc1B3c1cc(C(C)(C)C)ccc1N2c1ccc(-c2cccc3c2oc2ccccc23)cc1. The maximum Gasteiger partial charge on any atom is 0.252 e. The van der Waals surface area contributed by atoms with Crippen LogP contribution in [0, 0.1) is 6.92 Å².